The molecule has 1 aromatic rings. The Morgan fingerprint density at radius 2 is 2.00 bits per heavy atom. The molecule has 2 nitrogen and oxygen atoms in total. The van der Waals surface area contributed by atoms with Crippen LogP contribution in [-0.2, 0) is 14.9 Å². The number of allylic oxidation sites excluding steroid dienone is 2. The second-order valence-corrected chi connectivity index (χ2v) is 4.86. The summed E-state index contributed by atoms with van der Waals surface area (Å²) in [6.07, 6.45) is 7.33. The van der Waals surface area contributed by atoms with Crippen LogP contribution in [-0.4, -0.2) is 13.1 Å². The van der Waals surface area contributed by atoms with Crippen LogP contribution in [0.15, 0.2) is 53.6 Å². The van der Waals surface area contributed by atoms with E-state index in [9.17, 15) is 4.79 Å². The smallest absolute Gasteiger partial charge is 0.324 e. The molecule has 0 spiro atoms. The molecule has 2 aliphatic carbocycles. The van der Waals surface area contributed by atoms with Gasteiger partial charge in [-0.25, -0.2) is 0 Å². The van der Waals surface area contributed by atoms with E-state index in [-0.39, 0.29) is 5.97 Å². The summed E-state index contributed by atoms with van der Waals surface area (Å²) < 4.78 is 5.08. The largest absolute Gasteiger partial charge is 0.468 e. The maximum atomic E-state index is 12.4. The van der Waals surface area contributed by atoms with Gasteiger partial charge in [-0.3, -0.25) is 4.79 Å². The number of methoxy groups -OCH3 is 1. The molecule has 0 fully saturated rings. The number of carbonyl (C=O) groups excluding carboxylic acids is 1. The molecular weight excluding hydrogens is 224 g/mol. The lowest BCUT2D eigenvalue weighted by atomic mass is 9.75. The summed E-state index contributed by atoms with van der Waals surface area (Å²) in [5, 5.41) is 0. The average Bonchev–Trinajstić information content (AvgIpc) is 3.01. The zero-order valence-electron chi connectivity index (χ0n) is 10.5. The van der Waals surface area contributed by atoms with Crippen molar-refractivity contribution in [2.45, 2.75) is 24.7 Å². The van der Waals surface area contributed by atoms with Gasteiger partial charge in [-0.1, -0.05) is 42.5 Å². The molecule has 2 heteroatoms. The van der Waals surface area contributed by atoms with Gasteiger partial charge in [0, 0.05) is 0 Å². The number of ether oxygens (including phenoxy) is 1. The Hall–Kier alpha value is -1.83. The lowest BCUT2D eigenvalue weighted by Crippen LogP contribution is -2.35. The van der Waals surface area contributed by atoms with Crippen molar-refractivity contribution >= 4 is 5.97 Å². The van der Waals surface area contributed by atoms with Gasteiger partial charge < -0.3 is 4.74 Å². The standard InChI is InChI=1S/C16H16O2/c1-18-15(17)16(13-7-3-2-4-8-13)11-10-12-6-5-9-14(12)16/h2-4,7-8,10-11H,5-6,9H2,1H3. The third-order valence-electron chi connectivity index (χ3n) is 4.01. The molecule has 18 heavy (non-hydrogen) atoms. The third kappa shape index (κ3) is 1.38. The fourth-order valence-electron chi connectivity index (χ4n) is 3.17. The van der Waals surface area contributed by atoms with Gasteiger partial charge in [0.2, 0.25) is 0 Å². The van der Waals surface area contributed by atoms with Crippen LogP contribution in [0.5, 0.6) is 0 Å². The Labute approximate surface area is 107 Å². The minimum Gasteiger partial charge on any atom is -0.468 e. The molecule has 0 bridgehead atoms. The van der Waals surface area contributed by atoms with Crippen LogP contribution in [0.3, 0.4) is 0 Å². The van der Waals surface area contributed by atoms with Gasteiger partial charge in [-0.2, -0.15) is 0 Å². The molecule has 0 saturated carbocycles. The number of esters is 1. The highest BCUT2D eigenvalue weighted by atomic mass is 16.5. The first-order valence-corrected chi connectivity index (χ1v) is 6.34. The highest BCUT2D eigenvalue weighted by molar-refractivity contribution is 5.92. The summed E-state index contributed by atoms with van der Waals surface area (Å²) in [4.78, 5) is 12.4. The van der Waals surface area contributed by atoms with Crippen molar-refractivity contribution in [1.82, 2.24) is 0 Å². The molecule has 0 radical (unpaired) electrons. The minimum atomic E-state index is -0.665. The van der Waals surface area contributed by atoms with Crippen LogP contribution in [0.1, 0.15) is 24.8 Å². The molecule has 2 aliphatic rings. The molecule has 0 amide bonds. The molecule has 0 saturated heterocycles. The van der Waals surface area contributed by atoms with E-state index in [0.29, 0.717) is 0 Å². The van der Waals surface area contributed by atoms with Crippen LogP contribution in [0.4, 0.5) is 0 Å². The molecule has 0 aromatic heterocycles. The normalized spacial score (nSPS) is 25.4. The topological polar surface area (TPSA) is 26.3 Å². The number of hydrogen-bond acceptors (Lipinski definition) is 2. The number of rotatable bonds is 2. The van der Waals surface area contributed by atoms with E-state index >= 15 is 0 Å². The zero-order valence-corrected chi connectivity index (χ0v) is 10.5. The molecule has 1 aromatic carbocycles. The van der Waals surface area contributed by atoms with Crippen molar-refractivity contribution in [2.75, 3.05) is 7.11 Å². The summed E-state index contributed by atoms with van der Waals surface area (Å²) in [5.74, 6) is -0.170. The monoisotopic (exact) mass is 240 g/mol. The van der Waals surface area contributed by atoms with Crippen LogP contribution in [0, 0.1) is 0 Å². The van der Waals surface area contributed by atoms with E-state index in [1.807, 2.05) is 36.4 Å². The van der Waals surface area contributed by atoms with Crippen molar-refractivity contribution < 1.29 is 9.53 Å². The second kappa shape index (κ2) is 4.13. The molecule has 1 unspecified atom stereocenters. The first kappa shape index (κ1) is 11.3. The molecule has 0 N–H and O–H groups in total. The van der Waals surface area contributed by atoms with E-state index < -0.39 is 5.41 Å². The Kier molecular flexibility index (Phi) is 2.58. The highest BCUT2D eigenvalue weighted by Crippen LogP contribution is 2.48. The fourth-order valence-corrected chi connectivity index (χ4v) is 3.17. The van der Waals surface area contributed by atoms with Crippen LogP contribution >= 0.6 is 0 Å². The predicted octanol–water partition coefficient (Wildman–Crippen LogP) is 3.15. The van der Waals surface area contributed by atoms with Crippen LogP contribution in [0.25, 0.3) is 0 Å². The summed E-state index contributed by atoms with van der Waals surface area (Å²) in [6.45, 7) is 0. The van der Waals surface area contributed by atoms with Crippen molar-refractivity contribution in [3.8, 4) is 0 Å². The molecule has 92 valence electrons. The summed E-state index contributed by atoms with van der Waals surface area (Å²) >= 11 is 0. The third-order valence-corrected chi connectivity index (χ3v) is 4.01. The Morgan fingerprint density at radius 1 is 1.22 bits per heavy atom. The maximum Gasteiger partial charge on any atom is 0.324 e. The predicted molar refractivity (Wildman–Crippen MR) is 70.2 cm³/mol. The highest BCUT2D eigenvalue weighted by Gasteiger charge is 2.47. The van der Waals surface area contributed by atoms with Crippen molar-refractivity contribution in [2.24, 2.45) is 0 Å². The van der Waals surface area contributed by atoms with Crippen LogP contribution in [0.2, 0.25) is 0 Å². The fraction of sp³-hybridized carbons (Fsp3) is 0.312. The quantitative estimate of drug-likeness (QED) is 0.742. The average molecular weight is 240 g/mol. The van der Waals surface area contributed by atoms with E-state index in [1.54, 1.807) is 0 Å². The number of hydrogen-bond donors (Lipinski definition) is 0. The Morgan fingerprint density at radius 3 is 2.72 bits per heavy atom. The van der Waals surface area contributed by atoms with Gasteiger partial charge in [0.25, 0.3) is 0 Å². The van der Waals surface area contributed by atoms with Crippen LogP contribution < -0.4 is 0 Å². The lowest BCUT2D eigenvalue weighted by molar-refractivity contribution is -0.144. The van der Waals surface area contributed by atoms with Gasteiger partial charge >= 0.3 is 5.97 Å². The van der Waals surface area contributed by atoms with E-state index in [4.69, 9.17) is 4.74 Å². The maximum absolute atomic E-state index is 12.4. The van der Waals surface area contributed by atoms with Gasteiger partial charge in [0.1, 0.15) is 5.41 Å². The summed E-state index contributed by atoms with van der Waals surface area (Å²) in [5.41, 5.74) is 2.91. The first-order chi connectivity index (χ1) is 8.79. The van der Waals surface area contributed by atoms with Gasteiger partial charge in [0.15, 0.2) is 0 Å². The van der Waals surface area contributed by atoms with Crippen molar-refractivity contribution in [1.29, 1.82) is 0 Å². The van der Waals surface area contributed by atoms with Crippen molar-refractivity contribution in [3.05, 3.63) is 59.2 Å². The molecule has 0 heterocycles. The SMILES string of the molecule is COC(=O)C1(c2ccccc2)C=CC2=C1CCC2. The molecule has 3 rings (SSSR count). The van der Waals surface area contributed by atoms with E-state index in [0.717, 1.165) is 24.8 Å². The molecule has 1 atom stereocenters. The van der Waals surface area contributed by atoms with E-state index in [2.05, 4.69) is 6.08 Å². The number of benzene rings is 1. The molecular formula is C16H16O2. The summed E-state index contributed by atoms with van der Waals surface area (Å²) in [6, 6.07) is 9.94. The van der Waals surface area contributed by atoms with E-state index in [1.165, 1.54) is 18.3 Å². The zero-order chi connectivity index (χ0) is 12.6. The van der Waals surface area contributed by atoms with Gasteiger partial charge in [0.05, 0.1) is 7.11 Å². The number of carbonyl (C=O) groups is 1. The van der Waals surface area contributed by atoms with Gasteiger partial charge in [-0.15, -0.1) is 0 Å². The van der Waals surface area contributed by atoms with Gasteiger partial charge in [-0.05, 0) is 36.0 Å². The summed E-state index contributed by atoms with van der Waals surface area (Å²) in [7, 11) is 1.47. The Balaban J connectivity index is 2.18. The lowest BCUT2D eigenvalue weighted by Gasteiger charge is -2.28. The molecule has 0 aliphatic heterocycles. The minimum absolute atomic E-state index is 0.170. The first-order valence-electron chi connectivity index (χ1n) is 6.34. The van der Waals surface area contributed by atoms with Crippen molar-refractivity contribution in [3.63, 3.8) is 0 Å². The Bertz CT molecular complexity index is 539. The second-order valence-electron chi connectivity index (χ2n) is 4.86.